The Morgan fingerprint density at radius 1 is 1.24 bits per heavy atom. The van der Waals surface area contributed by atoms with Crippen LogP contribution in [-0.2, 0) is 0 Å². The maximum absolute atomic E-state index is 13.1. The number of pyridine rings is 1. The number of ether oxygens (including phenoxy) is 2. The smallest absolute Gasteiger partial charge is 0.338 e. The first kappa shape index (κ1) is 13.7. The van der Waals surface area contributed by atoms with Gasteiger partial charge in [0.05, 0.1) is 11.8 Å². The maximum Gasteiger partial charge on any atom is 0.338 e. The van der Waals surface area contributed by atoms with Crippen LogP contribution in [0, 0.1) is 5.82 Å². The van der Waals surface area contributed by atoms with E-state index in [1.807, 2.05) is 0 Å². The second-order valence-corrected chi connectivity index (χ2v) is 5.28. The molecule has 21 heavy (non-hydrogen) atoms. The van der Waals surface area contributed by atoms with E-state index in [1.165, 1.54) is 0 Å². The van der Waals surface area contributed by atoms with Gasteiger partial charge in [-0.3, -0.25) is 0 Å². The van der Waals surface area contributed by atoms with Crippen molar-refractivity contribution in [2.24, 2.45) is 0 Å². The Morgan fingerprint density at radius 3 is 2.76 bits per heavy atom. The van der Waals surface area contributed by atoms with Gasteiger partial charge in [-0.1, -0.05) is 11.8 Å². The van der Waals surface area contributed by atoms with E-state index in [0.717, 1.165) is 28.9 Å². The first-order valence-electron chi connectivity index (χ1n) is 6.10. The number of halogens is 1. The standard InChI is InChI=1S/C14H10FNO4S/c15-8-5-10(14(17)18)13(16-7-8)21-9-1-2-11-12(6-9)20-4-3-19-11/h1-2,5-7H,3-4H2,(H,17,18). The molecular weight excluding hydrogens is 297 g/mol. The van der Waals surface area contributed by atoms with Crippen LogP contribution in [0.4, 0.5) is 4.39 Å². The highest BCUT2D eigenvalue weighted by Crippen LogP contribution is 2.37. The van der Waals surface area contributed by atoms with Gasteiger partial charge in [-0.05, 0) is 24.3 Å². The molecule has 0 unspecified atom stereocenters. The number of aromatic carboxylic acids is 1. The van der Waals surface area contributed by atoms with Gasteiger partial charge in [0.15, 0.2) is 11.5 Å². The predicted octanol–water partition coefficient (Wildman–Crippen LogP) is 2.84. The summed E-state index contributed by atoms with van der Waals surface area (Å²) >= 11 is 1.13. The summed E-state index contributed by atoms with van der Waals surface area (Å²) in [6, 6.07) is 6.22. The number of carboxylic acid groups (broad SMARTS) is 1. The van der Waals surface area contributed by atoms with Gasteiger partial charge in [-0.25, -0.2) is 14.2 Å². The summed E-state index contributed by atoms with van der Waals surface area (Å²) < 4.78 is 24.0. The number of hydrogen-bond donors (Lipinski definition) is 1. The van der Waals surface area contributed by atoms with Crippen molar-refractivity contribution >= 4 is 17.7 Å². The van der Waals surface area contributed by atoms with Crippen molar-refractivity contribution in [3.8, 4) is 11.5 Å². The molecule has 0 spiro atoms. The zero-order valence-corrected chi connectivity index (χ0v) is 11.5. The molecule has 0 aliphatic carbocycles. The van der Waals surface area contributed by atoms with Gasteiger partial charge in [0.2, 0.25) is 0 Å². The van der Waals surface area contributed by atoms with Crippen LogP contribution < -0.4 is 9.47 Å². The molecule has 0 saturated carbocycles. The van der Waals surface area contributed by atoms with Crippen molar-refractivity contribution in [1.29, 1.82) is 0 Å². The third kappa shape index (κ3) is 2.92. The van der Waals surface area contributed by atoms with Gasteiger partial charge in [0, 0.05) is 4.90 Å². The summed E-state index contributed by atoms with van der Waals surface area (Å²) in [7, 11) is 0. The fourth-order valence-corrected chi connectivity index (χ4v) is 2.75. The molecular formula is C14H10FNO4S. The molecule has 0 bridgehead atoms. The minimum Gasteiger partial charge on any atom is -0.486 e. The van der Waals surface area contributed by atoms with Gasteiger partial charge >= 0.3 is 5.97 Å². The van der Waals surface area contributed by atoms with Crippen molar-refractivity contribution in [2.75, 3.05) is 13.2 Å². The first-order valence-corrected chi connectivity index (χ1v) is 6.91. The molecule has 1 aromatic heterocycles. The summed E-state index contributed by atoms with van der Waals surface area (Å²) in [5.74, 6) is -0.651. The zero-order chi connectivity index (χ0) is 14.8. The lowest BCUT2D eigenvalue weighted by Crippen LogP contribution is -2.15. The van der Waals surface area contributed by atoms with Crippen LogP contribution in [0.25, 0.3) is 0 Å². The summed E-state index contributed by atoms with van der Waals surface area (Å²) in [5.41, 5.74) is -0.171. The quantitative estimate of drug-likeness (QED) is 0.940. The lowest BCUT2D eigenvalue weighted by molar-refractivity contribution is 0.0691. The molecule has 1 N–H and O–H groups in total. The Bertz CT molecular complexity index is 707. The molecule has 1 aliphatic heterocycles. The third-order valence-electron chi connectivity index (χ3n) is 2.78. The molecule has 0 atom stereocenters. The number of aromatic nitrogens is 1. The lowest BCUT2D eigenvalue weighted by atomic mass is 10.3. The number of carbonyl (C=O) groups is 1. The van der Waals surface area contributed by atoms with Gasteiger partial charge < -0.3 is 14.6 Å². The van der Waals surface area contributed by atoms with E-state index in [9.17, 15) is 9.18 Å². The van der Waals surface area contributed by atoms with Crippen molar-refractivity contribution in [2.45, 2.75) is 9.92 Å². The minimum absolute atomic E-state index is 0.171. The van der Waals surface area contributed by atoms with Crippen molar-refractivity contribution in [3.05, 3.63) is 41.8 Å². The predicted molar refractivity (Wildman–Crippen MR) is 72.7 cm³/mol. The van der Waals surface area contributed by atoms with Crippen molar-refractivity contribution < 1.29 is 23.8 Å². The van der Waals surface area contributed by atoms with Crippen LogP contribution >= 0.6 is 11.8 Å². The van der Waals surface area contributed by atoms with Gasteiger partial charge in [0.25, 0.3) is 0 Å². The maximum atomic E-state index is 13.1. The Balaban J connectivity index is 1.92. The van der Waals surface area contributed by atoms with Crippen LogP contribution in [0.2, 0.25) is 0 Å². The van der Waals surface area contributed by atoms with Crippen molar-refractivity contribution in [1.82, 2.24) is 4.98 Å². The summed E-state index contributed by atoms with van der Waals surface area (Å²) in [6.07, 6.45) is 0.993. The lowest BCUT2D eigenvalue weighted by Gasteiger charge is -2.18. The molecule has 108 valence electrons. The first-order chi connectivity index (χ1) is 10.1. The molecule has 5 nitrogen and oxygen atoms in total. The minimum atomic E-state index is -1.22. The number of carboxylic acids is 1. The number of hydrogen-bond acceptors (Lipinski definition) is 5. The summed E-state index contributed by atoms with van der Waals surface area (Å²) in [6.45, 7) is 0.971. The fraction of sp³-hybridized carbons (Fsp3) is 0.143. The van der Waals surface area contributed by atoms with Gasteiger partial charge in [0.1, 0.15) is 24.1 Å². The largest absolute Gasteiger partial charge is 0.486 e. The highest BCUT2D eigenvalue weighted by atomic mass is 32.2. The van der Waals surface area contributed by atoms with E-state index in [1.54, 1.807) is 18.2 Å². The molecule has 0 amide bonds. The molecule has 0 radical (unpaired) electrons. The molecule has 3 rings (SSSR count). The SMILES string of the molecule is O=C(O)c1cc(F)cnc1Sc1ccc2c(c1)OCCO2. The average Bonchev–Trinajstić information content (AvgIpc) is 2.49. The van der Waals surface area contributed by atoms with Crippen LogP contribution in [0.15, 0.2) is 40.4 Å². The second-order valence-electron chi connectivity index (χ2n) is 4.22. The number of nitrogens with zero attached hydrogens (tertiary/aromatic N) is 1. The van der Waals surface area contributed by atoms with Crippen LogP contribution in [-0.4, -0.2) is 29.3 Å². The number of fused-ring (bicyclic) bond motifs is 1. The fourth-order valence-electron chi connectivity index (χ4n) is 1.86. The molecule has 7 heteroatoms. The highest BCUT2D eigenvalue weighted by Gasteiger charge is 2.16. The molecule has 1 aromatic carbocycles. The molecule has 0 saturated heterocycles. The van der Waals surface area contributed by atoms with E-state index in [0.29, 0.717) is 24.7 Å². The van der Waals surface area contributed by atoms with E-state index >= 15 is 0 Å². The van der Waals surface area contributed by atoms with Gasteiger partial charge in [-0.2, -0.15) is 0 Å². The monoisotopic (exact) mass is 307 g/mol. The van der Waals surface area contributed by atoms with Crippen LogP contribution in [0.1, 0.15) is 10.4 Å². The normalized spacial score (nSPS) is 13.0. The van der Waals surface area contributed by atoms with E-state index < -0.39 is 11.8 Å². The Kier molecular flexibility index (Phi) is 3.66. The Morgan fingerprint density at radius 2 is 2.00 bits per heavy atom. The Labute approximate surface area is 123 Å². The van der Waals surface area contributed by atoms with Crippen molar-refractivity contribution in [3.63, 3.8) is 0 Å². The van der Waals surface area contributed by atoms with Crippen LogP contribution in [0.3, 0.4) is 0 Å². The Hall–Kier alpha value is -2.28. The second kappa shape index (κ2) is 5.61. The molecule has 2 aromatic rings. The topological polar surface area (TPSA) is 68.7 Å². The number of rotatable bonds is 3. The molecule has 0 fully saturated rings. The average molecular weight is 307 g/mol. The highest BCUT2D eigenvalue weighted by molar-refractivity contribution is 7.99. The molecule has 1 aliphatic rings. The number of benzene rings is 1. The summed E-state index contributed by atoms with van der Waals surface area (Å²) in [5, 5.41) is 9.32. The van der Waals surface area contributed by atoms with E-state index in [-0.39, 0.29) is 10.6 Å². The van der Waals surface area contributed by atoms with E-state index in [2.05, 4.69) is 4.98 Å². The zero-order valence-electron chi connectivity index (χ0n) is 10.7. The molecule has 2 heterocycles. The summed E-state index contributed by atoms with van der Waals surface area (Å²) in [4.78, 5) is 15.7. The van der Waals surface area contributed by atoms with Gasteiger partial charge in [-0.15, -0.1) is 0 Å². The van der Waals surface area contributed by atoms with E-state index in [4.69, 9.17) is 14.6 Å². The van der Waals surface area contributed by atoms with Crippen LogP contribution in [0.5, 0.6) is 11.5 Å². The third-order valence-corrected chi connectivity index (χ3v) is 3.78.